The second-order valence-electron chi connectivity index (χ2n) is 6.31. The van der Waals surface area contributed by atoms with E-state index in [1.54, 1.807) is 23.1 Å². The molecule has 0 bridgehead atoms. The Hall–Kier alpha value is -1.74. The van der Waals surface area contributed by atoms with Gasteiger partial charge in [0.25, 0.3) is 5.91 Å². The molecule has 1 fully saturated rings. The quantitative estimate of drug-likeness (QED) is 0.591. The van der Waals surface area contributed by atoms with Crippen molar-refractivity contribution in [2.75, 3.05) is 26.2 Å². The second-order valence-corrected chi connectivity index (χ2v) is 10.7. The molecular formula is C19H17BrN2O3S2. The maximum Gasteiger partial charge on any atom is 0.264 e. The van der Waals surface area contributed by atoms with Crippen molar-refractivity contribution in [3.63, 3.8) is 0 Å². The summed E-state index contributed by atoms with van der Waals surface area (Å²) in [5.41, 5.74) is 0. The fourth-order valence-electron chi connectivity index (χ4n) is 3.19. The van der Waals surface area contributed by atoms with Gasteiger partial charge in [0.15, 0.2) is 0 Å². The third kappa shape index (κ3) is 3.67. The van der Waals surface area contributed by atoms with Gasteiger partial charge in [0, 0.05) is 26.2 Å². The van der Waals surface area contributed by atoms with Gasteiger partial charge >= 0.3 is 0 Å². The highest BCUT2D eigenvalue weighted by Gasteiger charge is 2.30. The molecule has 8 heteroatoms. The van der Waals surface area contributed by atoms with Crippen LogP contribution in [-0.2, 0) is 10.0 Å². The second kappa shape index (κ2) is 7.35. The number of hydrogen-bond donors (Lipinski definition) is 0. The zero-order chi connectivity index (χ0) is 19.0. The first kappa shape index (κ1) is 18.6. The third-order valence-electron chi connectivity index (χ3n) is 4.67. The van der Waals surface area contributed by atoms with E-state index in [1.807, 2.05) is 36.4 Å². The molecule has 0 atom stereocenters. The molecule has 0 aliphatic carbocycles. The summed E-state index contributed by atoms with van der Waals surface area (Å²) in [6, 6.07) is 16.5. The van der Waals surface area contributed by atoms with Crippen molar-refractivity contribution in [1.82, 2.24) is 9.21 Å². The Bertz CT molecular complexity index is 1100. The van der Waals surface area contributed by atoms with E-state index in [2.05, 4.69) is 15.9 Å². The van der Waals surface area contributed by atoms with Crippen LogP contribution in [0.15, 0.2) is 63.3 Å². The lowest BCUT2D eigenvalue weighted by atomic mass is 10.1. The molecule has 4 rings (SSSR count). The molecule has 0 unspecified atom stereocenters. The van der Waals surface area contributed by atoms with E-state index in [-0.39, 0.29) is 5.91 Å². The van der Waals surface area contributed by atoms with Gasteiger partial charge in [-0.15, -0.1) is 11.3 Å². The van der Waals surface area contributed by atoms with E-state index in [0.29, 0.717) is 36.0 Å². The average Bonchev–Trinajstić information content (AvgIpc) is 3.13. The summed E-state index contributed by atoms with van der Waals surface area (Å²) in [6.45, 7) is 1.38. The molecule has 1 aliphatic heterocycles. The van der Waals surface area contributed by atoms with Crippen molar-refractivity contribution in [3.05, 3.63) is 63.3 Å². The zero-order valence-electron chi connectivity index (χ0n) is 14.3. The fraction of sp³-hybridized carbons (Fsp3) is 0.211. The van der Waals surface area contributed by atoms with Crippen LogP contribution in [0.4, 0.5) is 0 Å². The number of benzene rings is 2. The maximum atomic E-state index is 13.0. The molecule has 0 spiro atoms. The number of thiophene rings is 1. The van der Waals surface area contributed by atoms with Gasteiger partial charge < -0.3 is 4.90 Å². The van der Waals surface area contributed by atoms with E-state index < -0.39 is 10.0 Å². The standard InChI is InChI=1S/C19H17BrN2O3S2/c20-18-8-7-17(26-18)19(23)21-9-11-22(12-10-21)27(24,25)16-6-5-14-3-1-2-4-15(14)13-16/h1-8,13H,9-12H2. The number of nitrogens with zero attached hydrogens (tertiary/aromatic N) is 2. The Morgan fingerprint density at radius 3 is 2.30 bits per heavy atom. The molecule has 27 heavy (non-hydrogen) atoms. The molecule has 2 heterocycles. The molecule has 2 aromatic carbocycles. The lowest BCUT2D eigenvalue weighted by molar-refractivity contribution is 0.0703. The highest BCUT2D eigenvalue weighted by molar-refractivity contribution is 9.11. The van der Waals surface area contributed by atoms with E-state index in [9.17, 15) is 13.2 Å². The fourth-order valence-corrected chi connectivity index (χ4v) is 6.01. The summed E-state index contributed by atoms with van der Waals surface area (Å²) in [7, 11) is -3.57. The summed E-state index contributed by atoms with van der Waals surface area (Å²) in [6.07, 6.45) is 0. The topological polar surface area (TPSA) is 57.7 Å². The van der Waals surface area contributed by atoms with Crippen LogP contribution in [-0.4, -0.2) is 49.7 Å². The summed E-state index contributed by atoms with van der Waals surface area (Å²) in [5.74, 6) is -0.0477. The van der Waals surface area contributed by atoms with E-state index in [1.165, 1.54) is 15.6 Å². The minimum atomic E-state index is -3.57. The van der Waals surface area contributed by atoms with E-state index in [0.717, 1.165) is 14.6 Å². The smallest absolute Gasteiger partial charge is 0.264 e. The van der Waals surface area contributed by atoms with Crippen molar-refractivity contribution in [2.45, 2.75) is 4.90 Å². The SMILES string of the molecule is O=C(c1ccc(Br)s1)N1CCN(S(=O)(=O)c2ccc3ccccc3c2)CC1. The summed E-state index contributed by atoms with van der Waals surface area (Å²) >= 11 is 4.75. The van der Waals surface area contributed by atoms with E-state index in [4.69, 9.17) is 0 Å². The Kier molecular flexibility index (Phi) is 5.07. The summed E-state index contributed by atoms with van der Waals surface area (Å²) < 4.78 is 28.4. The molecule has 1 aromatic heterocycles. The lowest BCUT2D eigenvalue weighted by Crippen LogP contribution is -2.50. The first-order valence-electron chi connectivity index (χ1n) is 8.49. The molecule has 1 amide bonds. The number of carbonyl (C=O) groups excluding carboxylic acids is 1. The molecule has 0 N–H and O–H groups in total. The van der Waals surface area contributed by atoms with Gasteiger partial charge in [-0.25, -0.2) is 8.42 Å². The van der Waals surface area contributed by atoms with Gasteiger partial charge in [-0.2, -0.15) is 4.31 Å². The van der Waals surface area contributed by atoms with Crippen LogP contribution in [0.5, 0.6) is 0 Å². The first-order valence-corrected chi connectivity index (χ1v) is 11.5. The van der Waals surface area contributed by atoms with Gasteiger partial charge in [0.1, 0.15) is 0 Å². The monoisotopic (exact) mass is 464 g/mol. The number of fused-ring (bicyclic) bond motifs is 1. The Balaban J connectivity index is 1.50. The van der Waals surface area contributed by atoms with Gasteiger partial charge in [-0.3, -0.25) is 4.79 Å². The van der Waals surface area contributed by atoms with Crippen molar-refractivity contribution < 1.29 is 13.2 Å². The molecule has 3 aromatic rings. The number of hydrogen-bond acceptors (Lipinski definition) is 4. The number of halogens is 1. The maximum absolute atomic E-state index is 13.0. The van der Waals surface area contributed by atoms with Gasteiger partial charge in [-0.1, -0.05) is 30.3 Å². The van der Waals surface area contributed by atoms with Gasteiger partial charge in [0.2, 0.25) is 10.0 Å². The number of rotatable bonds is 3. The van der Waals surface area contributed by atoms with Crippen molar-refractivity contribution in [1.29, 1.82) is 0 Å². The summed E-state index contributed by atoms with van der Waals surface area (Å²) in [4.78, 5) is 15.2. The number of sulfonamides is 1. The molecule has 0 radical (unpaired) electrons. The normalized spacial score (nSPS) is 16.0. The van der Waals surface area contributed by atoms with Gasteiger partial charge in [-0.05, 0) is 51.0 Å². The molecule has 1 aliphatic rings. The first-order chi connectivity index (χ1) is 12.9. The average molecular weight is 465 g/mol. The zero-order valence-corrected chi connectivity index (χ0v) is 17.6. The number of carbonyl (C=O) groups is 1. The molecule has 140 valence electrons. The van der Waals surface area contributed by atoms with Crippen molar-refractivity contribution >= 4 is 54.0 Å². The Labute approximate surface area is 170 Å². The highest BCUT2D eigenvalue weighted by atomic mass is 79.9. The number of amides is 1. The molecular weight excluding hydrogens is 448 g/mol. The Morgan fingerprint density at radius 2 is 1.63 bits per heavy atom. The predicted octanol–water partition coefficient (Wildman–Crippen LogP) is 3.81. The number of piperazine rings is 1. The van der Waals surface area contributed by atoms with Crippen LogP contribution < -0.4 is 0 Å². The van der Waals surface area contributed by atoms with Crippen LogP contribution in [0.25, 0.3) is 10.8 Å². The predicted molar refractivity (Wildman–Crippen MR) is 111 cm³/mol. The third-order valence-corrected chi connectivity index (χ3v) is 8.17. The van der Waals surface area contributed by atoms with Crippen LogP contribution in [0.3, 0.4) is 0 Å². The summed E-state index contributed by atoms with van der Waals surface area (Å²) in [5, 5.41) is 1.91. The Morgan fingerprint density at radius 1 is 0.926 bits per heavy atom. The molecule has 5 nitrogen and oxygen atoms in total. The lowest BCUT2D eigenvalue weighted by Gasteiger charge is -2.33. The van der Waals surface area contributed by atoms with Gasteiger partial charge in [0.05, 0.1) is 13.6 Å². The van der Waals surface area contributed by atoms with Crippen molar-refractivity contribution in [3.8, 4) is 0 Å². The highest BCUT2D eigenvalue weighted by Crippen LogP contribution is 2.25. The van der Waals surface area contributed by atoms with Crippen LogP contribution in [0, 0.1) is 0 Å². The molecule has 1 saturated heterocycles. The minimum Gasteiger partial charge on any atom is -0.335 e. The van der Waals surface area contributed by atoms with Crippen molar-refractivity contribution in [2.24, 2.45) is 0 Å². The van der Waals surface area contributed by atoms with Crippen LogP contribution in [0.1, 0.15) is 9.67 Å². The van der Waals surface area contributed by atoms with E-state index >= 15 is 0 Å². The largest absolute Gasteiger partial charge is 0.335 e. The van der Waals surface area contributed by atoms with Crippen LogP contribution in [0.2, 0.25) is 0 Å². The van der Waals surface area contributed by atoms with Crippen LogP contribution >= 0.6 is 27.3 Å². The minimum absolute atomic E-state index is 0.0477. The molecule has 0 saturated carbocycles.